The highest BCUT2D eigenvalue weighted by Crippen LogP contribution is 2.23. The van der Waals surface area contributed by atoms with Gasteiger partial charge in [0.15, 0.2) is 0 Å². The summed E-state index contributed by atoms with van der Waals surface area (Å²) in [5.74, 6) is 0. The second-order valence-electron chi connectivity index (χ2n) is 4.48. The molecule has 0 aliphatic heterocycles. The van der Waals surface area contributed by atoms with Gasteiger partial charge in [-0.15, -0.1) is 0 Å². The molecule has 5 nitrogen and oxygen atoms in total. The smallest absolute Gasteiger partial charge is 0.242 e. The van der Waals surface area contributed by atoms with Gasteiger partial charge in [0.05, 0.1) is 11.5 Å². The maximum absolute atomic E-state index is 12.4. The van der Waals surface area contributed by atoms with E-state index in [9.17, 15) is 8.42 Å². The quantitative estimate of drug-likeness (QED) is 0.738. The second kappa shape index (κ2) is 8.09. The molecule has 1 unspecified atom stereocenters. The third-order valence-electron chi connectivity index (χ3n) is 2.59. The van der Waals surface area contributed by atoms with Gasteiger partial charge in [0.2, 0.25) is 10.0 Å². The predicted octanol–water partition coefficient (Wildman–Crippen LogP) is 1.87. The van der Waals surface area contributed by atoms with Gasteiger partial charge in [0.25, 0.3) is 0 Å². The molecule has 0 spiro atoms. The van der Waals surface area contributed by atoms with Gasteiger partial charge in [-0.1, -0.05) is 6.07 Å². The molecule has 2 N–H and O–H groups in total. The van der Waals surface area contributed by atoms with E-state index in [1.807, 2.05) is 20.0 Å². The second-order valence-corrected chi connectivity index (χ2v) is 7.01. The summed E-state index contributed by atoms with van der Waals surface area (Å²) < 4.78 is 33.1. The van der Waals surface area contributed by atoms with Crippen LogP contribution >= 0.6 is 15.9 Å². The van der Waals surface area contributed by atoms with Crippen molar-refractivity contribution >= 4 is 26.0 Å². The van der Waals surface area contributed by atoms with Gasteiger partial charge in [-0.3, -0.25) is 0 Å². The van der Waals surface area contributed by atoms with Crippen LogP contribution in [0, 0.1) is 0 Å². The van der Waals surface area contributed by atoms with E-state index in [-0.39, 0.29) is 10.9 Å². The van der Waals surface area contributed by atoms with E-state index in [0.29, 0.717) is 24.2 Å². The van der Waals surface area contributed by atoms with Crippen LogP contribution in [0.1, 0.15) is 19.4 Å². The Kier molecular flexibility index (Phi) is 7.11. The van der Waals surface area contributed by atoms with E-state index < -0.39 is 10.0 Å². The van der Waals surface area contributed by atoms with E-state index in [1.165, 1.54) is 0 Å². The Labute approximate surface area is 129 Å². The molecular weight excluding hydrogens is 344 g/mol. The summed E-state index contributed by atoms with van der Waals surface area (Å²) in [5, 5.41) is 3.00. The van der Waals surface area contributed by atoms with Gasteiger partial charge >= 0.3 is 0 Å². The van der Waals surface area contributed by atoms with Crippen LogP contribution in [0.5, 0.6) is 0 Å². The number of sulfonamides is 1. The van der Waals surface area contributed by atoms with Crippen molar-refractivity contribution in [3.8, 4) is 0 Å². The molecule has 0 amide bonds. The first kappa shape index (κ1) is 17.6. The maximum atomic E-state index is 12.4. The van der Waals surface area contributed by atoms with Crippen molar-refractivity contribution in [3.63, 3.8) is 0 Å². The lowest BCUT2D eigenvalue weighted by molar-refractivity contribution is 0.133. The maximum Gasteiger partial charge on any atom is 0.242 e. The summed E-state index contributed by atoms with van der Waals surface area (Å²) in [7, 11) is -1.75. The average molecular weight is 365 g/mol. The Hall–Kier alpha value is -0.470. The average Bonchev–Trinajstić information content (AvgIpc) is 2.38. The molecule has 0 aliphatic rings. The number of ether oxygens (including phenoxy) is 1. The molecular formula is C13H21BrN2O3S. The monoisotopic (exact) mass is 364 g/mol. The van der Waals surface area contributed by atoms with Crippen molar-refractivity contribution in [2.45, 2.75) is 31.3 Å². The molecule has 1 atom stereocenters. The minimum Gasteiger partial charge on any atom is -0.380 e. The molecule has 0 radical (unpaired) electrons. The molecule has 1 rings (SSSR count). The number of hydrogen-bond donors (Lipinski definition) is 2. The van der Waals surface area contributed by atoms with Crippen LogP contribution in [-0.2, 0) is 21.3 Å². The lowest BCUT2D eigenvalue weighted by Gasteiger charge is -2.15. The van der Waals surface area contributed by atoms with Crippen molar-refractivity contribution in [2.24, 2.45) is 0 Å². The zero-order valence-corrected chi connectivity index (χ0v) is 14.3. The summed E-state index contributed by atoms with van der Waals surface area (Å²) >= 11 is 3.29. The summed E-state index contributed by atoms with van der Waals surface area (Å²) in [6, 6.07) is 5.01. The molecule has 0 saturated carbocycles. The van der Waals surface area contributed by atoms with E-state index >= 15 is 0 Å². The van der Waals surface area contributed by atoms with Gasteiger partial charge in [-0.2, -0.15) is 0 Å². The summed E-state index contributed by atoms with van der Waals surface area (Å²) in [6.45, 7) is 5.18. The highest BCUT2D eigenvalue weighted by molar-refractivity contribution is 9.10. The number of hydrogen-bond acceptors (Lipinski definition) is 4. The lowest BCUT2D eigenvalue weighted by atomic mass is 10.2. The van der Waals surface area contributed by atoms with Gasteiger partial charge in [-0.25, -0.2) is 13.1 Å². The number of nitrogens with one attached hydrogen (secondary N) is 2. The van der Waals surface area contributed by atoms with Crippen LogP contribution in [0.3, 0.4) is 0 Å². The first-order valence-electron chi connectivity index (χ1n) is 6.43. The van der Waals surface area contributed by atoms with Crippen molar-refractivity contribution < 1.29 is 13.2 Å². The fourth-order valence-corrected chi connectivity index (χ4v) is 3.97. The van der Waals surface area contributed by atoms with Crippen molar-refractivity contribution in [1.29, 1.82) is 0 Å². The number of rotatable bonds is 8. The largest absolute Gasteiger partial charge is 0.380 e. The van der Waals surface area contributed by atoms with E-state index in [0.717, 1.165) is 5.56 Å². The van der Waals surface area contributed by atoms with Crippen molar-refractivity contribution in [3.05, 3.63) is 28.2 Å². The Morgan fingerprint density at radius 3 is 2.70 bits per heavy atom. The minimum absolute atomic E-state index is 0.244. The van der Waals surface area contributed by atoms with Crippen LogP contribution < -0.4 is 10.0 Å². The topological polar surface area (TPSA) is 67.4 Å². The standard InChI is InChI=1S/C13H21BrN2O3S/c1-4-19-9-10(2)16-20(17,18)13-7-11(8-15-3)5-6-12(13)14/h5-7,10,15-16H,4,8-9H2,1-3H3. The predicted molar refractivity (Wildman–Crippen MR) is 83.2 cm³/mol. The van der Waals surface area contributed by atoms with E-state index in [1.54, 1.807) is 19.1 Å². The molecule has 0 aliphatic carbocycles. The molecule has 0 fully saturated rings. The first-order chi connectivity index (χ1) is 9.40. The van der Waals surface area contributed by atoms with Crippen molar-refractivity contribution in [1.82, 2.24) is 10.0 Å². The minimum atomic E-state index is -3.57. The Bertz CT molecular complexity index is 534. The van der Waals surface area contributed by atoms with Gasteiger partial charge < -0.3 is 10.1 Å². The fourth-order valence-electron chi connectivity index (χ4n) is 1.72. The Morgan fingerprint density at radius 1 is 1.40 bits per heavy atom. The molecule has 114 valence electrons. The van der Waals surface area contributed by atoms with Crippen LogP contribution in [0.15, 0.2) is 27.6 Å². The first-order valence-corrected chi connectivity index (χ1v) is 8.71. The summed E-state index contributed by atoms with van der Waals surface area (Å²) in [4.78, 5) is 0.244. The molecule has 1 aromatic carbocycles. The fraction of sp³-hybridized carbons (Fsp3) is 0.538. The molecule has 0 aromatic heterocycles. The molecule has 7 heteroatoms. The van der Waals surface area contributed by atoms with E-state index in [2.05, 4.69) is 26.0 Å². The summed E-state index contributed by atoms with van der Waals surface area (Å²) in [6.07, 6.45) is 0. The number of benzene rings is 1. The molecule has 0 saturated heterocycles. The van der Waals surface area contributed by atoms with Crippen LogP contribution in [0.4, 0.5) is 0 Å². The van der Waals surface area contributed by atoms with Gasteiger partial charge in [0, 0.05) is 23.7 Å². The molecule has 0 bridgehead atoms. The van der Waals surface area contributed by atoms with Crippen LogP contribution in [0.25, 0.3) is 0 Å². The highest BCUT2D eigenvalue weighted by atomic mass is 79.9. The third-order valence-corrected chi connectivity index (χ3v) is 5.18. The zero-order valence-electron chi connectivity index (χ0n) is 11.9. The molecule has 1 aromatic rings. The van der Waals surface area contributed by atoms with Crippen molar-refractivity contribution in [2.75, 3.05) is 20.3 Å². The lowest BCUT2D eigenvalue weighted by Crippen LogP contribution is -2.36. The molecule has 0 heterocycles. The Balaban J connectivity index is 2.93. The highest BCUT2D eigenvalue weighted by Gasteiger charge is 2.20. The Morgan fingerprint density at radius 2 is 2.10 bits per heavy atom. The normalized spacial score (nSPS) is 13.4. The van der Waals surface area contributed by atoms with Crippen LogP contribution in [-0.4, -0.2) is 34.7 Å². The van der Waals surface area contributed by atoms with Gasteiger partial charge in [-0.05, 0) is 54.5 Å². The SMILES string of the molecule is CCOCC(C)NS(=O)(=O)c1cc(CNC)ccc1Br. The summed E-state index contributed by atoms with van der Waals surface area (Å²) in [5.41, 5.74) is 0.911. The number of halogens is 1. The van der Waals surface area contributed by atoms with Crippen LogP contribution in [0.2, 0.25) is 0 Å². The van der Waals surface area contributed by atoms with Gasteiger partial charge in [0.1, 0.15) is 0 Å². The van der Waals surface area contributed by atoms with E-state index in [4.69, 9.17) is 4.74 Å². The third kappa shape index (κ3) is 5.14. The zero-order chi connectivity index (χ0) is 15.2. The molecule has 20 heavy (non-hydrogen) atoms.